The van der Waals surface area contributed by atoms with Gasteiger partial charge in [0.2, 0.25) is 0 Å². The van der Waals surface area contributed by atoms with Gasteiger partial charge in [0.25, 0.3) is 0 Å². The van der Waals surface area contributed by atoms with Crippen LogP contribution in [0, 0.1) is 6.92 Å². The van der Waals surface area contributed by atoms with Gasteiger partial charge in [-0.25, -0.2) is 13.1 Å². The summed E-state index contributed by atoms with van der Waals surface area (Å²) in [7, 11) is -3.09. The summed E-state index contributed by atoms with van der Waals surface area (Å²) in [4.78, 5) is 6.95. The smallest absolute Gasteiger partial charge is 0.156 e. The third kappa shape index (κ3) is 6.26. The number of nitrogens with zero attached hydrogens (tertiary/aromatic N) is 5. The number of aromatic nitrogens is 4. The van der Waals surface area contributed by atoms with Crippen molar-refractivity contribution >= 4 is 9.84 Å². The van der Waals surface area contributed by atoms with E-state index in [4.69, 9.17) is 0 Å². The SMILES string of the molecule is Cc1cccc(Cn2cc(CN3CCC(c4cccc(CS(=O)(=O)C(C)C)c4)CC3)nn2)n1. The van der Waals surface area contributed by atoms with E-state index in [0.717, 1.165) is 55.1 Å². The summed E-state index contributed by atoms with van der Waals surface area (Å²) in [6.07, 6.45) is 4.12. The minimum absolute atomic E-state index is 0.116. The molecule has 0 radical (unpaired) electrons. The van der Waals surface area contributed by atoms with Crippen LogP contribution in [0.4, 0.5) is 0 Å². The summed E-state index contributed by atoms with van der Waals surface area (Å²) < 4.78 is 26.4. The Balaban J connectivity index is 1.31. The average Bonchev–Trinajstić information content (AvgIpc) is 3.20. The van der Waals surface area contributed by atoms with Gasteiger partial charge in [0, 0.05) is 12.2 Å². The second-order valence-electron chi connectivity index (χ2n) is 9.33. The number of pyridine rings is 1. The number of rotatable bonds is 8. The van der Waals surface area contributed by atoms with Crippen molar-refractivity contribution in [3.63, 3.8) is 0 Å². The van der Waals surface area contributed by atoms with Gasteiger partial charge in [-0.15, -0.1) is 5.10 Å². The van der Waals surface area contributed by atoms with Crippen LogP contribution in [0.15, 0.2) is 48.7 Å². The van der Waals surface area contributed by atoms with Gasteiger partial charge >= 0.3 is 0 Å². The van der Waals surface area contributed by atoms with Gasteiger partial charge in [0.15, 0.2) is 9.84 Å². The van der Waals surface area contributed by atoms with Gasteiger partial charge in [-0.05, 0) is 75.9 Å². The Hall–Kier alpha value is -2.58. The van der Waals surface area contributed by atoms with Crippen molar-refractivity contribution in [3.05, 3.63) is 76.9 Å². The highest BCUT2D eigenvalue weighted by molar-refractivity contribution is 7.91. The van der Waals surface area contributed by atoms with E-state index < -0.39 is 9.84 Å². The molecule has 1 saturated heterocycles. The molecule has 0 atom stereocenters. The van der Waals surface area contributed by atoms with Crippen LogP contribution in [0.3, 0.4) is 0 Å². The van der Waals surface area contributed by atoms with Gasteiger partial charge in [-0.2, -0.15) is 0 Å². The van der Waals surface area contributed by atoms with Crippen LogP contribution in [-0.4, -0.2) is 51.6 Å². The van der Waals surface area contributed by atoms with Gasteiger partial charge in [0.1, 0.15) is 0 Å². The Kier molecular flexibility index (Phi) is 7.24. The molecule has 0 spiro atoms. The minimum Gasteiger partial charge on any atom is -0.297 e. The van der Waals surface area contributed by atoms with Crippen LogP contribution in [-0.2, 0) is 28.7 Å². The van der Waals surface area contributed by atoms with Crippen molar-refractivity contribution in [1.29, 1.82) is 0 Å². The minimum atomic E-state index is -3.09. The molecule has 0 bridgehead atoms. The second-order valence-corrected chi connectivity index (χ2v) is 11.9. The molecule has 1 fully saturated rings. The average molecular weight is 468 g/mol. The van der Waals surface area contributed by atoms with E-state index in [1.807, 2.05) is 48.1 Å². The third-order valence-electron chi connectivity index (χ3n) is 6.34. The highest BCUT2D eigenvalue weighted by Gasteiger charge is 2.23. The van der Waals surface area contributed by atoms with Crippen molar-refractivity contribution in [2.75, 3.05) is 13.1 Å². The first kappa shape index (κ1) is 23.6. The number of sulfone groups is 1. The molecule has 4 rings (SSSR count). The Morgan fingerprint density at radius 3 is 2.52 bits per heavy atom. The highest BCUT2D eigenvalue weighted by Crippen LogP contribution is 2.29. The van der Waals surface area contributed by atoms with E-state index in [0.29, 0.717) is 12.5 Å². The van der Waals surface area contributed by atoms with Crippen LogP contribution in [0.25, 0.3) is 0 Å². The Morgan fingerprint density at radius 2 is 1.79 bits per heavy atom. The first-order valence-corrected chi connectivity index (χ1v) is 13.3. The fourth-order valence-electron chi connectivity index (χ4n) is 4.33. The molecular weight excluding hydrogens is 434 g/mol. The quantitative estimate of drug-likeness (QED) is 0.502. The van der Waals surface area contributed by atoms with Crippen molar-refractivity contribution in [2.24, 2.45) is 0 Å². The maximum atomic E-state index is 12.3. The van der Waals surface area contributed by atoms with Crippen molar-refractivity contribution in [3.8, 4) is 0 Å². The summed E-state index contributed by atoms with van der Waals surface area (Å²) in [6, 6.07) is 14.2. The third-order valence-corrected chi connectivity index (χ3v) is 8.51. The summed E-state index contributed by atoms with van der Waals surface area (Å²) >= 11 is 0. The van der Waals surface area contributed by atoms with Crippen LogP contribution in [0.1, 0.15) is 60.8 Å². The predicted molar refractivity (Wildman–Crippen MR) is 130 cm³/mol. The molecule has 3 aromatic rings. The largest absolute Gasteiger partial charge is 0.297 e. The number of hydrogen-bond donors (Lipinski definition) is 0. The summed E-state index contributed by atoms with van der Waals surface area (Å²) in [5.74, 6) is 0.580. The molecule has 1 aliphatic rings. The van der Waals surface area contributed by atoms with E-state index in [9.17, 15) is 8.42 Å². The zero-order chi connectivity index (χ0) is 23.4. The molecule has 8 heteroatoms. The van der Waals surface area contributed by atoms with Crippen molar-refractivity contribution in [2.45, 2.75) is 63.6 Å². The first-order chi connectivity index (χ1) is 15.8. The zero-order valence-corrected chi connectivity index (χ0v) is 20.5. The second kappa shape index (κ2) is 10.1. The Bertz CT molecular complexity index is 1180. The lowest BCUT2D eigenvalue weighted by Gasteiger charge is -2.31. The zero-order valence-electron chi connectivity index (χ0n) is 19.7. The van der Waals surface area contributed by atoms with Crippen molar-refractivity contribution < 1.29 is 8.42 Å². The number of likely N-dealkylation sites (tertiary alicyclic amines) is 1. The standard InChI is InChI=1S/C25H33N5O2S/c1-19(2)33(31,32)18-21-7-5-8-23(14-21)22-10-12-29(13-11-22)15-25-17-30(28-27-25)16-24-9-4-6-20(3)26-24/h4-9,14,17,19,22H,10-13,15-16,18H2,1-3H3. The topological polar surface area (TPSA) is 81.0 Å². The van der Waals surface area contributed by atoms with Gasteiger partial charge in [-0.1, -0.05) is 35.5 Å². The monoisotopic (exact) mass is 467 g/mol. The lowest BCUT2D eigenvalue weighted by atomic mass is 9.88. The van der Waals surface area contributed by atoms with Gasteiger partial charge in [0.05, 0.1) is 35.1 Å². The van der Waals surface area contributed by atoms with Crippen LogP contribution in [0.5, 0.6) is 0 Å². The van der Waals surface area contributed by atoms with E-state index in [1.165, 1.54) is 5.56 Å². The summed E-state index contributed by atoms with van der Waals surface area (Å²) in [5, 5.41) is 8.27. The molecule has 33 heavy (non-hydrogen) atoms. The van der Waals surface area contributed by atoms with E-state index in [1.54, 1.807) is 13.8 Å². The molecule has 1 aromatic carbocycles. The Morgan fingerprint density at radius 1 is 1.03 bits per heavy atom. The van der Waals surface area contributed by atoms with E-state index in [-0.39, 0.29) is 11.0 Å². The molecule has 0 aliphatic carbocycles. The molecule has 0 amide bonds. The van der Waals surface area contributed by atoms with Crippen LogP contribution >= 0.6 is 0 Å². The molecule has 176 valence electrons. The van der Waals surface area contributed by atoms with Crippen molar-refractivity contribution in [1.82, 2.24) is 24.9 Å². The number of hydrogen-bond acceptors (Lipinski definition) is 6. The lowest BCUT2D eigenvalue weighted by molar-refractivity contribution is 0.202. The molecule has 2 aromatic heterocycles. The van der Waals surface area contributed by atoms with Gasteiger partial charge < -0.3 is 0 Å². The van der Waals surface area contributed by atoms with Gasteiger partial charge in [-0.3, -0.25) is 9.88 Å². The maximum Gasteiger partial charge on any atom is 0.156 e. The number of benzene rings is 1. The molecular formula is C25H33N5O2S. The maximum absolute atomic E-state index is 12.3. The fraction of sp³-hybridized carbons (Fsp3) is 0.480. The lowest BCUT2D eigenvalue weighted by Crippen LogP contribution is -2.32. The summed E-state index contributed by atoms with van der Waals surface area (Å²) in [5.41, 5.74) is 5.10. The van der Waals surface area contributed by atoms with Crippen LogP contribution in [0.2, 0.25) is 0 Å². The molecule has 0 unspecified atom stereocenters. The molecule has 3 heterocycles. The predicted octanol–water partition coefficient (Wildman–Crippen LogP) is 3.73. The molecule has 1 aliphatic heterocycles. The number of piperidine rings is 1. The number of aryl methyl sites for hydroxylation is 1. The van der Waals surface area contributed by atoms with E-state index in [2.05, 4.69) is 32.3 Å². The first-order valence-electron chi connectivity index (χ1n) is 11.6. The normalized spacial score (nSPS) is 15.9. The molecule has 0 saturated carbocycles. The molecule has 7 nitrogen and oxygen atoms in total. The van der Waals surface area contributed by atoms with Crippen LogP contribution < -0.4 is 0 Å². The Labute approximate surface area is 196 Å². The van der Waals surface area contributed by atoms with E-state index >= 15 is 0 Å². The molecule has 0 N–H and O–H groups in total. The fourth-order valence-corrected chi connectivity index (χ4v) is 5.31. The highest BCUT2D eigenvalue weighted by atomic mass is 32.2. The summed E-state index contributed by atoms with van der Waals surface area (Å²) in [6.45, 7) is 8.88.